The Morgan fingerprint density at radius 2 is 1.51 bits per heavy atom. The van der Waals surface area contributed by atoms with Gasteiger partial charge in [-0.1, -0.05) is 53.2 Å². The van der Waals surface area contributed by atoms with Crippen LogP contribution in [0.3, 0.4) is 0 Å². The van der Waals surface area contributed by atoms with Crippen LogP contribution in [-0.2, 0) is 40.1 Å². The number of anilines is 1. The van der Waals surface area contributed by atoms with Crippen molar-refractivity contribution in [3.8, 4) is 0 Å². The zero-order chi connectivity index (χ0) is 34.1. The molecule has 3 atom stereocenters. The molecule has 5 amide bonds. The maximum Gasteiger partial charge on any atom is 0.311 e. The zero-order valence-corrected chi connectivity index (χ0v) is 28.4. The molecule has 0 spiro atoms. The average molecular weight is 629 g/mol. The molecule has 2 unspecified atom stereocenters. The van der Waals surface area contributed by atoms with Crippen LogP contribution < -0.4 is 16.0 Å². The Labute approximate surface area is 267 Å². The third kappa shape index (κ3) is 11.6. The number of amides is 5. The molecule has 1 aromatic rings. The van der Waals surface area contributed by atoms with Crippen LogP contribution in [0.25, 0.3) is 0 Å². The van der Waals surface area contributed by atoms with Crippen LogP contribution in [-0.4, -0.2) is 59.0 Å². The predicted molar refractivity (Wildman–Crippen MR) is 171 cm³/mol. The van der Waals surface area contributed by atoms with Crippen LogP contribution in [0, 0.1) is 22.7 Å². The first kappa shape index (κ1) is 37.4. The predicted octanol–water partition coefficient (Wildman–Crippen LogP) is 4.34. The van der Waals surface area contributed by atoms with Gasteiger partial charge in [0.25, 0.3) is 0 Å². The molecular weight excluding hydrogens is 576 g/mol. The summed E-state index contributed by atoms with van der Waals surface area (Å²) in [6.45, 7) is 16.9. The Bertz CT molecular complexity index is 1230. The second-order valence-electron chi connectivity index (χ2n) is 14.3. The Morgan fingerprint density at radius 1 is 0.889 bits per heavy atom. The molecule has 3 N–H and O–H groups in total. The lowest BCUT2D eigenvalue weighted by molar-refractivity contribution is -0.154. The topological polar surface area (TPSA) is 151 Å². The normalized spacial score (nSPS) is 16.8. The highest BCUT2D eigenvalue weighted by Crippen LogP contribution is 2.35. The van der Waals surface area contributed by atoms with Gasteiger partial charge in [0.15, 0.2) is 0 Å². The molecule has 0 bridgehead atoms. The Kier molecular flexibility index (Phi) is 13.3. The fourth-order valence-electron chi connectivity index (χ4n) is 4.78. The third-order valence-electron chi connectivity index (χ3n) is 7.80. The molecule has 1 heterocycles. The molecule has 250 valence electrons. The molecular formula is C34H52N4O7. The van der Waals surface area contributed by atoms with Crippen molar-refractivity contribution in [3.05, 3.63) is 29.8 Å². The van der Waals surface area contributed by atoms with Crippen LogP contribution in [0.2, 0.25) is 0 Å². The van der Waals surface area contributed by atoms with E-state index in [1.54, 1.807) is 52.0 Å². The lowest BCUT2D eigenvalue weighted by atomic mass is 9.80. The van der Waals surface area contributed by atoms with Crippen molar-refractivity contribution in [2.24, 2.45) is 22.7 Å². The van der Waals surface area contributed by atoms with E-state index in [-0.39, 0.29) is 60.4 Å². The molecule has 1 saturated heterocycles. The largest absolute Gasteiger partial charge is 0.460 e. The van der Waals surface area contributed by atoms with Gasteiger partial charge in [-0.2, -0.15) is 0 Å². The molecule has 0 saturated carbocycles. The second-order valence-corrected chi connectivity index (χ2v) is 14.3. The number of nitrogens with zero attached hydrogens (tertiary/aromatic N) is 1. The summed E-state index contributed by atoms with van der Waals surface area (Å²) in [4.78, 5) is 76.6. The lowest BCUT2D eigenvalue weighted by Gasteiger charge is -2.25. The molecule has 45 heavy (non-hydrogen) atoms. The minimum atomic E-state index is -0.864. The Balaban J connectivity index is 1.77. The summed E-state index contributed by atoms with van der Waals surface area (Å²) in [5.41, 5.74) is 0.434. The van der Waals surface area contributed by atoms with E-state index >= 15 is 0 Å². The number of ether oxygens (including phenoxy) is 1. The Hall–Kier alpha value is -3.76. The summed E-state index contributed by atoms with van der Waals surface area (Å²) in [6.07, 6.45) is 2.26. The number of benzene rings is 1. The van der Waals surface area contributed by atoms with Gasteiger partial charge in [0.1, 0.15) is 18.7 Å². The van der Waals surface area contributed by atoms with E-state index in [2.05, 4.69) is 16.0 Å². The van der Waals surface area contributed by atoms with Crippen LogP contribution in [0.4, 0.5) is 5.69 Å². The summed E-state index contributed by atoms with van der Waals surface area (Å²) < 4.78 is 5.31. The van der Waals surface area contributed by atoms with Crippen molar-refractivity contribution in [1.82, 2.24) is 15.5 Å². The maximum atomic E-state index is 13.0. The van der Waals surface area contributed by atoms with Gasteiger partial charge in [0.05, 0.1) is 11.3 Å². The van der Waals surface area contributed by atoms with Gasteiger partial charge in [-0.05, 0) is 69.6 Å². The number of likely N-dealkylation sites (tertiary alicyclic amines) is 1. The van der Waals surface area contributed by atoms with Gasteiger partial charge in [-0.3, -0.25) is 33.7 Å². The summed E-state index contributed by atoms with van der Waals surface area (Å²) in [5, 5.41) is 8.21. The number of hydrogen-bond acceptors (Lipinski definition) is 7. The summed E-state index contributed by atoms with van der Waals surface area (Å²) in [5.74, 6) is -2.24. The number of rotatable bonds is 14. The van der Waals surface area contributed by atoms with Crippen LogP contribution >= 0.6 is 0 Å². The summed E-state index contributed by atoms with van der Waals surface area (Å²) >= 11 is 0. The number of nitrogens with one attached hydrogen (secondary N) is 3. The monoisotopic (exact) mass is 628 g/mol. The van der Waals surface area contributed by atoms with Gasteiger partial charge >= 0.3 is 5.97 Å². The van der Waals surface area contributed by atoms with Crippen LogP contribution in [0.5, 0.6) is 0 Å². The van der Waals surface area contributed by atoms with E-state index in [0.29, 0.717) is 31.5 Å². The number of unbranched alkanes of at least 4 members (excludes halogenated alkanes) is 2. The fourth-order valence-corrected chi connectivity index (χ4v) is 4.78. The standard InChI is InChI=1S/C34H52N4O7/c1-21(2)28(37-26(39)13-11-10-12-18-38-27(40)19-25(31(38)43)33(4,5)6)30(42)35-22(3)29(41)36-24-16-14-23(15-17-24)20-45-32(44)34(7,8)9/h14-17,21-22,25,28H,10-13,18-20H2,1-9H3,(H,35,42)(H,36,41)(H,37,39)/t22-,25?,28?/m0/s1. The van der Waals surface area contributed by atoms with E-state index in [1.807, 2.05) is 34.6 Å². The van der Waals surface area contributed by atoms with E-state index in [9.17, 15) is 28.8 Å². The van der Waals surface area contributed by atoms with Crippen molar-refractivity contribution in [1.29, 1.82) is 0 Å². The van der Waals surface area contributed by atoms with E-state index in [4.69, 9.17) is 4.74 Å². The highest BCUT2D eigenvalue weighted by molar-refractivity contribution is 6.04. The van der Waals surface area contributed by atoms with Crippen molar-refractivity contribution in [3.63, 3.8) is 0 Å². The maximum absolute atomic E-state index is 13.0. The first-order valence-corrected chi connectivity index (χ1v) is 15.8. The molecule has 1 aliphatic heterocycles. The van der Waals surface area contributed by atoms with Gasteiger partial charge < -0.3 is 20.7 Å². The minimum Gasteiger partial charge on any atom is -0.460 e. The van der Waals surface area contributed by atoms with Gasteiger partial charge in [-0.25, -0.2) is 0 Å². The average Bonchev–Trinajstić information content (AvgIpc) is 3.23. The van der Waals surface area contributed by atoms with E-state index < -0.39 is 29.3 Å². The molecule has 1 fully saturated rings. The number of imide groups is 1. The molecule has 0 radical (unpaired) electrons. The Morgan fingerprint density at radius 3 is 2.04 bits per heavy atom. The SMILES string of the molecule is CC(C)C(NC(=O)CCCCCN1C(=O)CC(C(C)(C)C)C1=O)C(=O)N[C@@H](C)C(=O)Nc1ccc(COC(=O)C(C)(C)C)cc1. The second kappa shape index (κ2) is 16.0. The third-order valence-corrected chi connectivity index (χ3v) is 7.80. The molecule has 1 aliphatic rings. The smallest absolute Gasteiger partial charge is 0.311 e. The number of carbonyl (C=O) groups is 6. The highest BCUT2D eigenvalue weighted by atomic mass is 16.5. The molecule has 2 rings (SSSR count). The summed E-state index contributed by atoms with van der Waals surface area (Å²) in [6, 6.07) is 5.18. The fraction of sp³-hybridized carbons (Fsp3) is 0.647. The first-order valence-electron chi connectivity index (χ1n) is 15.8. The molecule has 0 aliphatic carbocycles. The minimum absolute atomic E-state index is 0.118. The van der Waals surface area contributed by atoms with Crippen LogP contribution in [0.15, 0.2) is 24.3 Å². The van der Waals surface area contributed by atoms with Crippen molar-refractivity contribution in [2.45, 2.75) is 113 Å². The highest BCUT2D eigenvalue weighted by Gasteiger charge is 2.44. The van der Waals surface area contributed by atoms with Crippen molar-refractivity contribution < 1.29 is 33.5 Å². The van der Waals surface area contributed by atoms with Gasteiger partial charge in [-0.15, -0.1) is 0 Å². The van der Waals surface area contributed by atoms with Crippen molar-refractivity contribution >= 4 is 41.2 Å². The first-order chi connectivity index (χ1) is 20.8. The van der Waals surface area contributed by atoms with Gasteiger partial charge in [0.2, 0.25) is 29.5 Å². The molecule has 0 aromatic heterocycles. The van der Waals surface area contributed by atoms with E-state index in [0.717, 1.165) is 5.56 Å². The molecule has 11 heteroatoms. The lowest BCUT2D eigenvalue weighted by Crippen LogP contribution is -2.53. The number of esters is 1. The van der Waals surface area contributed by atoms with Crippen molar-refractivity contribution in [2.75, 3.05) is 11.9 Å². The molecule has 1 aromatic carbocycles. The van der Waals surface area contributed by atoms with Gasteiger partial charge in [0, 0.05) is 25.1 Å². The number of hydrogen-bond donors (Lipinski definition) is 3. The zero-order valence-electron chi connectivity index (χ0n) is 28.4. The summed E-state index contributed by atoms with van der Waals surface area (Å²) in [7, 11) is 0. The quantitative estimate of drug-likeness (QED) is 0.158. The number of carbonyl (C=O) groups excluding carboxylic acids is 6. The van der Waals surface area contributed by atoms with Crippen LogP contribution in [0.1, 0.15) is 100.0 Å². The van der Waals surface area contributed by atoms with E-state index in [1.165, 1.54) is 4.90 Å². The molecule has 11 nitrogen and oxygen atoms in total.